The van der Waals surface area contributed by atoms with Crippen LogP contribution in [0, 0.1) is 18.3 Å². The predicted molar refractivity (Wildman–Crippen MR) is 152 cm³/mol. The highest BCUT2D eigenvalue weighted by molar-refractivity contribution is 5.86. The van der Waals surface area contributed by atoms with Gasteiger partial charge in [-0.3, -0.25) is 15.2 Å². The molecule has 5 rings (SSSR count). The van der Waals surface area contributed by atoms with Crippen molar-refractivity contribution >= 4 is 17.6 Å². The maximum absolute atomic E-state index is 12.6. The molecule has 0 unspecified atom stereocenters. The van der Waals surface area contributed by atoms with E-state index in [4.69, 9.17) is 10.00 Å². The second-order valence-corrected chi connectivity index (χ2v) is 9.56. The molecule has 39 heavy (non-hydrogen) atoms. The molecule has 1 N–H and O–H groups in total. The summed E-state index contributed by atoms with van der Waals surface area (Å²) in [4.78, 5) is 26.0. The first-order valence-corrected chi connectivity index (χ1v) is 13.0. The number of amides is 1. The number of carbonyl (C=O) groups excluding carboxylic acids is 1. The summed E-state index contributed by atoms with van der Waals surface area (Å²) in [6, 6.07) is 22.9. The van der Waals surface area contributed by atoms with Crippen molar-refractivity contribution in [1.82, 2.24) is 14.9 Å². The van der Waals surface area contributed by atoms with E-state index in [1.54, 1.807) is 24.4 Å². The molecule has 0 spiro atoms. The Kier molecular flexibility index (Phi) is 8.10. The number of aryl methyl sites for hydroxylation is 1. The molecule has 8 nitrogen and oxygen atoms in total. The molecular weight excluding hydrogens is 488 g/mol. The smallest absolute Gasteiger partial charge is 0.410 e. The summed E-state index contributed by atoms with van der Waals surface area (Å²) < 4.78 is 5.55. The van der Waals surface area contributed by atoms with Crippen LogP contribution in [0.4, 0.5) is 16.3 Å². The lowest BCUT2D eigenvalue weighted by molar-refractivity contribution is 0.215. The third-order valence-electron chi connectivity index (χ3n) is 6.81. The summed E-state index contributed by atoms with van der Waals surface area (Å²) in [7, 11) is 0. The largest absolute Gasteiger partial charge is 0.417 e. The molecule has 1 fully saturated rings. The maximum atomic E-state index is 12.6. The number of nitrogens with one attached hydrogen (secondary N) is 1. The zero-order chi connectivity index (χ0) is 27.0. The summed E-state index contributed by atoms with van der Waals surface area (Å²) in [5.74, 6) is 1.33. The SMILES string of the molecule is Cc1ccc(OC(=O)Nc2ccc(N3CCCN(Cc4ccncc4)CC3)nc2)cc1-c1ccc(C#N)cc1. The van der Waals surface area contributed by atoms with Crippen molar-refractivity contribution in [1.29, 1.82) is 5.26 Å². The van der Waals surface area contributed by atoms with E-state index >= 15 is 0 Å². The number of anilines is 2. The van der Waals surface area contributed by atoms with E-state index in [2.05, 4.69) is 43.3 Å². The van der Waals surface area contributed by atoms with Gasteiger partial charge in [0, 0.05) is 45.1 Å². The first kappa shape index (κ1) is 25.9. The fourth-order valence-electron chi connectivity index (χ4n) is 4.70. The average Bonchev–Trinajstić information content (AvgIpc) is 3.20. The summed E-state index contributed by atoms with van der Waals surface area (Å²) in [6.07, 6.45) is 5.81. The molecule has 0 atom stereocenters. The normalized spacial score (nSPS) is 13.8. The van der Waals surface area contributed by atoms with Crippen LogP contribution < -0.4 is 15.0 Å². The average molecular weight is 519 g/mol. The van der Waals surface area contributed by atoms with Crippen molar-refractivity contribution < 1.29 is 9.53 Å². The first-order chi connectivity index (χ1) is 19.1. The van der Waals surface area contributed by atoms with Gasteiger partial charge in [-0.1, -0.05) is 18.2 Å². The van der Waals surface area contributed by atoms with Crippen molar-refractivity contribution in [3.8, 4) is 22.9 Å². The molecule has 196 valence electrons. The molecule has 1 saturated heterocycles. The molecule has 1 aliphatic rings. The quantitative estimate of drug-likeness (QED) is 0.353. The Morgan fingerprint density at radius 1 is 1.00 bits per heavy atom. The number of pyridine rings is 2. The molecular formula is C31H30N6O2. The fourth-order valence-corrected chi connectivity index (χ4v) is 4.70. The number of rotatable bonds is 6. The fraction of sp³-hybridized carbons (Fsp3) is 0.226. The van der Waals surface area contributed by atoms with Gasteiger partial charge in [0.1, 0.15) is 11.6 Å². The maximum Gasteiger partial charge on any atom is 0.417 e. The minimum Gasteiger partial charge on any atom is -0.410 e. The predicted octanol–water partition coefficient (Wildman–Crippen LogP) is 5.65. The number of hydrogen-bond donors (Lipinski definition) is 1. The van der Waals surface area contributed by atoms with Gasteiger partial charge in [-0.15, -0.1) is 0 Å². The molecule has 0 radical (unpaired) electrons. The van der Waals surface area contributed by atoms with Gasteiger partial charge in [0.15, 0.2) is 0 Å². The Balaban J connectivity index is 1.16. The number of nitriles is 1. The van der Waals surface area contributed by atoms with E-state index in [-0.39, 0.29) is 0 Å². The van der Waals surface area contributed by atoms with Crippen molar-refractivity contribution in [2.75, 3.05) is 36.4 Å². The van der Waals surface area contributed by atoms with Gasteiger partial charge in [-0.25, -0.2) is 9.78 Å². The lowest BCUT2D eigenvalue weighted by Gasteiger charge is -2.23. The highest BCUT2D eigenvalue weighted by Crippen LogP contribution is 2.28. The number of hydrogen-bond acceptors (Lipinski definition) is 7. The van der Waals surface area contributed by atoms with Crippen LogP contribution in [0.5, 0.6) is 5.75 Å². The minimum absolute atomic E-state index is 0.433. The molecule has 3 heterocycles. The van der Waals surface area contributed by atoms with Gasteiger partial charge in [0.25, 0.3) is 0 Å². The van der Waals surface area contributed by atoms with Crippen LogP contribution in [0.1, 0.15) is 23.1 Å². The molecule has 4 aromatic rings. The van der Waals surface area contributed by atoms with Crippen LogP contribution in [0.15, 0.2) is 85.3 Å². The van der Waals surface area contributed by atoms with E-state index in [9.17, 15) is 4.79 Å². The Morgan fingerprint density at radius 3 is 2.56 bits per heavy atom. The number of nitrogens with zero attached hydrogens (tertiary/aromatic N) is 5. The van der Waals surface area contributed by atoms with Crippen LogP contribution in [-0.2, 0) is 6.54 Å². The molecule has 1 amide bonds. The Morgan fingerprint density at radius 2 is 1.82 bits per heavy atom. The van der Waals surface area contributed by atoms with E-state index in [1.165, 1.54) is 5.56 Å². The second kappa shape index (κ2) is 12.2. The van der Waals surface area contributed by atoms with Crippen LogP contribution in [0.25, 0.3) is 11.1 Å². The molecule has 0 saturated carbocycles. The van der Waals surface area contributed by atoms with E-state index in [0.29, 0.717) is 17.0 Å². The van der Waals surface area contributed by atoms with Gasteiger partial charge in [0.2, 0.25) is 0 Å². The summed E-state index contributed by atoms with van der Waals surface area (Å²) in [5.41, 5.74) is 5.37. The van der Waals surface area contributed by atoms with Gasteiger partial charge in [-0.05, 0) is 84.1 Å². The Hall–Kier alpha value is -4.74. The van der Waals surface area contributed by atoms with Crippen LogP contribution in [0.2, 0.25) is 0 Å². The van der Waals surface area contributed by atoms with Crippen molar-refractivity contribution in [3.63, 3.8) is 0 Å². The lowest BCUT2D eigenvalue weighted by Crippen LogP contribution is -2.31. The van der Waals surface area contributed by atoms with Crippen LogP contribution in [-0.4, -0.2) is 47.1 Å². The lowest BCUT2D eigenvalue weighted by atomic mass is 9.99. The monoisotopic (exact) mass is 518 g/mol. The number of ether oxygens (including phenoxy) is 1. The van der Waals surface area contributed by atoms with Gasteiger partial charge < -0.3 is 9.64 Å². The molecule has 2 aromatic carbocycles. The molecule has 2 aromatic heterocycles. The van der Waals surface area contributed by atoms with Crippen LogP contribution in [0.3, 0.4) is 0 Å². The van der Waals surface area contributed by atoms with Gasteiger partial charge >= 0.3 is 6.09 Å². The molecule has 1 aliphatic heterocycles. The molecule has 8 heteroatoms. The highest BCUT2D eigenvalue weighted by atomic mass is 16.6. The highest BCUT2D eigenvalue weighted by Gasteiger charge is 2.17. The van der Waals surface area contributed by atoms with Gasteiger partial charge in [-0.2, -0.15) is 5.26 Å². The standard InChI is InChI=1S/C31H30N6O2/c1-23-3-9-28(19-29(23)26-6-4-24(20-32)5-7-26)39-31(38)35-27-8-10-30(34-21-27)37-16-2-15-36(17-18-37)22-25-11-13-33-14-12-25/h3-14,19,21H,2,15-18,22H2,1H3,(H,35,38). The van der Waals surface area contributed by atoms with Crippen molar-refractivity contribution in [2.24, 2.45) is 0 Å². The second-order valence-electron chi connectivity index (χ2n) is 9.56. The third-order valence-corrected chi connectivity index (χ3v) is 6.81. The van der Waals surface area contributed by atoms with E-state index < -0.39 is 6.09 Å². The van der Waals surface area contributed by atoms with E-state index in [1.807, 2.05) is 55.7 Å². The number of benzene rings is 2. The summed E-state index contributed by atoms with van der Waals surface area (Å²) in [6.45, 7) is 6.73. The van der Waals surface area contributed by atoms with E-state index in [0.717, 1.165) is 61.7 Å². The molecule has 0 aliphatic carbocycles. The van der Waals surface area contributed by atoms with Crippen LogP contribution >= 0.6 is 0 Å². The summed E-state index contributed by atoms with van der Waals surface area (Å²) in [5, 5.41) is 11.8. The summed E-state index contributed by atoms with van der Waals surface area (Å²) >= 11 is 0. The van der Waals surface area contributed by atoms with Crippen molar-refractivity contribution in [3.05, 3.63) is 102 Å². The number of carbonyl (C=O) groups is 1. The number of aromatic nitrogens is 2. The zero-order valence-corrected chi connectivity index (χ0v) is 21.9. The van der Waals surface area contributed by atoms with Crippen molar-refractivity contribution in [2.45, 2.75) is 19.9 Å². The minimum atomic E-state index is -0.583. The third kappa shape index (κ3) is 6.78. The zero-order valence-electron chi connectivity index (χ0n) is 21.9. The first-order valence-electron chi connectivity index (χ1n) is 13.0. The topological polar surface area (TPSA) is 94.4 Å². The Labute approximate surface area is 228 Å². The van der Waals surface area contributed by atoms with Gasteiger partial charge in [0.05, 0.1) is 23.5 Å². The molecule has 0 bridgehead atoms. The Bertz CT molecular complexity index is 1450.